The van der Waals surface area contributed by atoms with Crippen LogP contribution < -0.4 is 5.32 Å². The van der Waals surface area contributed by atoms with E-state index in [0.717, 1.165) is 43.6 Å². The number of carbonyl (C=O) groups excluding carboxylic acids is 2. The van der Waals surface area contributed by atoms with E-state index in [-0.39, 0.29) is 30.7 Å². The zero-order valence-corrected chi connectivity index (χ0v) is 17.7. The van der Waals surface area contributed by atoms with Crippen LogP contribution in [0.15, 0.2) is 24.3 Å². The average molecular weight is 404 g/mol. The van der Waals surface area contributed by atoms with Crippen LogP contribution in [0.25, 0.3) is 0 Å². The van der Waals surface area contributed by atoms with Crippen LogP contribution in [0.5, 0.6) is 0 Å². The molecule has 2 saturated heterocycles. The van der Waals surface area contributed by atoms with E-state index < -0.39 is 0 Å². The fraction of sp³-hybridized carbons (Fsp3) is 0.636. The average Bonchev–Trinajstić information content (AvgIpc) is 3.28. The number of amides is 2. The summed E-state index contributed by atoms with van der Waals surface area (Å²) in [5, 5.41) is 2.93. The lowest BCUT2D eigenvalue weighted by Gasteiger charge is -2.37. The molecule has 0 spiro atoms. The Morgan fingerprint density at radius 3 is 2.52 bits per heavy atom. The van der Waals surface area contributed by atoms with E-state index in [0.29, 0.717) is 19.1 Å². The maximum atomic E-state index is 12.8. The number of hydrogen-bond acceptors (Lipinski definition) is 5. The summed E-state index contributed by atoms with van der Waals surface area (Å²) in [6.45, 7) is 7.05. The number of piperidine rings is 1. The Balaban J connectivity index is 1.47. The number of nitrogens with one attached hydrogen (secondary N) is 1. The number of hydrogen-bond donors (Lipinski definition) is 1. The third kappa shape index (κ3) is 5.56. The third-order valence-electron chi connectivity index (χ3n) is 5.94. The highest BCUT2D eigenvalue weighted by molar-refractivity contribution is 5.95. The fourth-order valence-corrected chi connectivity index (χ4v) is 4.14. The monoisotopic (exact) mass is 403 g/mol. The molecule has 2 aliphatic rings. The Morgan fingerprint density at radius 1 is 1.21 bits per heavy atom. The number of benzene rings is 1. The zero-order chi connectivity index (χ0) is 20.8. The minimum atomic E-state index is -0.248. The topological polar surface area (TPSA) is 71.1 Å². The van der Waals surface area contributed by atoms with Gasteiger partial charge in [0.05, 0.1) is 25.8 Å². The van der Waals surface area contributed by atoms with Crippen LogP contribution in [0.2, 0.25) is 0 Å². The Kier molecular flexibility index (Phi) is 7.64. The van der Waals surface area contributed by atoms with Gasteiger partial charge in [0.2, 0.25) is 11.8 Å². The minimum Gasteiger partial charge on any atom is -0.350 e. The molecule has 1 unspecified atom stereocenters. The van der Waals surface area contributed by atoms with Gasteiger partial charge >= 0.3 is 0 Å². The van der Waals surface area contributed by atoms with Gasteiger partial charge in [0.15, 0.2) is 6.29 Å². The van der Waals surface area contributed by atoms with Gasteiger partial charge in [-0.1, -0.05) is 25.1 Å². The summed E-state index contributed by atoms with van der Waals surface area (Å²) in [4.78, 5) is 29.0. The number of para-hydroxylation sites is 1. The molecule has 29 heavy (non-hydrogen) atoms. The molecule has 2 aliphatic heterocycles. The highest BCUT2D eigenvalue weighted by Crippen LogP contribution is 2.27. The van der Waals surface area contributed by atoms with Crippen LogP contribution in [-0.2, 0) is 25.5 Å². The fourth-order valence-electron chi connectivity index (χ4n) is 4.14. The van der Waals surface area contributed by atoms with Gasteiger partial charge in [-0.25, -0.2) is 0 Å². The molecule has 0 saturated carbocycles. The molecule has 1 N–H and O–H groups in total. The number of likely N-dealkylation sites (tertiary alicyclic amines) is 1. The molecule has 0 bridgehead atoms. The minimum absolute atomic E-state index is 0.0317. The molecule has 7 nitrogen and oxygen atoms in total. The maximum absolute atomic E-state index is 12.8. The molecule has 2 amide bonds. The number of rotatable bonds is 7. The van der Waals surface area contributed by atoms with Crippen molar-refractivity contribution in [3.8, 4) is 0 Å². The van der Waals surface area contributed by atoms with Crippen molar-refractivity contribution >= 4 is 17.5 Å². The lowest BCUT2D eigenvalue weighted by Crippen LogP contribution is -2.50. The van der Waals surface area contributed by atoms with Crippen LogP contribution in [0.1, 0.15) is 32.3 Å². The van der Waals surface area contributed by atoms with Crippen molar-refractivity contribution in [2.75, 3.05) is 45.2 Å². The SMILES string of the molecule is CCc1ccccc1NC(=O)CN(C)C(=O)C(C)N1CCC(C2OCCO2)CC1. The van der Waals surface area contributed by atoms with Crippen molar-refractivity contribution in [3.63, 3.8) is 0 Å². The molecule has 2 heterocycles. The van der Waals surface area contributed by atoms with E-state index in [9.17, 15) is 9.59 Å². The third-order valence-corrected chi connectivity index (χ3v) is 5.94. The second-order valence-corrected chi connectivity index (χ2v) is 7.91. The van der Waals surface area contributed by atoms with Crippen LogP contribution in [0.3, 0.4) is 0 Å². The Morgan fingerprint density at radius 2 is 1.86 bits per heavy atom. The Hall–Kier alpha value is -1.96. The van der Waals surface area contributed by atoms with Gasteiger partial charge in [0.1, 0.15) is 0 Å². The molecular formula is C22H33N3O4. The van der Waals surface area contributed by atoms with E-state index in [1.807, 2.05) is 31.2 Å². The summed E-state index contributed by atoms with van der Waals surface area (Å²) in [5.41, 5.74) is 1.90. The molecule has 0 aliphatic carbocycles. The van der Waals surface area contributed by atoms with E-state index in [2.05, 4.69) is 17.1 Å². The van der Waals surface area contributed by atoms with Crippen molar-refractivity contribution in [1.82, 2.24) is 9.80 Å². The molecular weight excluding hydrogens is 370 g/mol. The number of ether oxygens (including phenoxy) is 2. The first kappa shape index (κ1) is 21.7. The molecule has 3 rings (SSSR count). The van der Waals surface area contributed by atoms with E-state index in [1.54, 1.807) is 7.05 Å². The molecule has 1 atom stereocenters. The summed E-state index contributed by atoms with van der Waals surface area (Å²) >= 11 is 0. The first-order valence-corrected chi connectivity index (χ1v) is 10.6. The van der Waals surface area contributed by atoms with Crippen LogP contribution in [0, 0.1) is 5.92 Å². The van der Waals surface area contributed by atoms with E-state index in [4.69, 9.17) is 9.47 Å². The first-order chi connectivity index (χ1) is 14.0. The predicted molar refractivity (Wildman–Crippen MR) is 112 cm³/mol. The number of nitrogens with zero attached hydrogens (tertiary/aromatic N) is 2. The molecule has 160 valence electrons. The summed E-state index contributed by atoms with van der Waals surface area (Å²) in [7, 11) is 1.69. The van der Waals surface area contributed by atoms with Gasteiger partial charge in [-0.3, -0.25) is 14.5 Å². The molecule has 2 fully saturated rings. The molecule has 0 radical (unpaired) electrons. The second kappa shape index (κ2) is 10.2. The van der Waals surface area contributed by atoms with Crippen LogP contribution in [0.4, 0.5) is 5.69 Å². The molecule has 7 heteroatoms. The smallest absolute Gasteiger partial charge is 0.243 e. The Bertz CT molecular complexity index is 697. The van der Waals surface area contributed by atoms with Crippen molar-refractivity contribution < 1.29 is 19.1 Å². The molecule has 1 aromatic rings. The van der Waals surface area contributed by atoms with Crippen molar-refractivity contribution in [3.05, 3.63) is 29.8 Å². The van der Waals surface area contributed by atoms with Gasteiger partial charge in [0.25, 0.3) is 0 Å². The number of aryl methyl sites for hydroxylation is 1. The molecule has 0 aromatic heterocycles. The predicted octanol–water partition coefficient (Wildman–Crippen LogP) is 2.12. The number of anilines is 1. The van der Waals surface area contributed by atoms with E-state index in [1.165, 1.54) is 4.90 Å². The second-order valence-electron chi connectivity index (χ2n) is 7.91. The van der Waals surface area contributed by atoms with Crippen molar-refractivity contribution in [1.29, 1.82) is 0 Å². The van der Waals surface area contributed by atoms with Gasteiger partial charge < -0.3 is 19.7 Å². The lowest BCUT2D eigenvalue weighted by molar-refractivity contribution is -0.139. The normalized spacial score (nSPS) is 19.8. The summed E-state index contributed by atoms with van der Waals surface area (Å²) in [5.74, 6) is 0.192. The van der Waals surface area contributed by atoms with Gasteiger partial charge in [-0.15, -0.1) is 0 Å². The lowest BCUT2D eigenvalue weighted by atomic mass is 9.95. The van der Waals surface area contributed by atoms with Gasteiger partial charge in [-0.05, 0) is 50.9 Å². The molecule has 1 aromatic carbocycles. The van der Waals surface area contributed by atoms with Crippen LogP contribution >= 0.6 is 0 Å². The van der Waals surface area contributed by atoms with Crippen molar-refractivity contribution in [2.45, 2.75) is 45.4 Å². The van der Waals surface area contributed by atoms with Gasteiger partial charge in [0, 0.05) is 18.7 Å². The summed E-state index contributed by atoms with van der Waals surface area (Å²) < 4.78 is 11.2. The Labute approximate surface area is 173 Å². The standard InChI is InChI=1S/C22H33N3O4/c1-4-17-7-5-6-8-19(17)23-20(26)15-24(3)21(27)16(2)25-11-9-18(10-12-25)22-28-13-14-29-22/h5-8,16,18,22H,4,9-15H2,1-3H3,(H,23,26). The highest BCUT2D eigenvalue weighted by atomic mass is 16.7. The van der Waals surface area contributed by atoms with Crippen molar-refractivity contribution in [2.24, 2.45) is 5.92 Å². The number of carbonyl (C=O) groups is 2. The summed E-state index contributed by atoms with van der Waals surface area (Å²) in [6, 6.07) is 7.50. The first-order valence-electron chi connectivity index (χ1n) is 10.6. The quantitative estimate of drug-likeness (QED) is 0.755. The van der Waals surface area contributed by atoms with Gasteiger partial charge in [-0.2, -0.15) is 0 Å². The summed E-state index contributed by atoms with van der Waals surface area (Å²) in [6.07, 6.45) is 2.68. The van der Waals surface area contributed by atoms with Crippen LogP contribution in [-0.4, -0.2) is 73.8 Å². The number of likely N-dealkylation sites (N-methyl/N-ethyl adjacent to an activating group) is 1. The highest BCUT2D eigenvalue weighted by Gasteiger charge is 2.34. The van der Waals surface area contributed by atoms with E-state index >= 15 is 0 Å². The zero-order valence-electron chi connectivity index (χ0n) is 17.7. The maximum Gasteiger partial charge on any atom is 0.243 e. The largest absolute Gasteiger partial charge is 0.350 e.